The van der Waals surface area contributed by atoms with Gasteiger partial charge in [-0.15, -0.1) is 0 Å². The van der Waals surface area contributed by atoms with Crippen LogP contribution in [0.5, 0.6) is 0 Å². The molecule has 1 aliphatic carbocycles. The van der Waals surface area contributed by atoms with Crippen molar-refractivity contribution in [1.29, 1.82) is 0 Å². The molecule has 0 bridgehead atoms. The topological polar surface area (TPSA) is 49.4 Å². The molecule has 1 spiro atoms. The number of likely N-dealkylation sites (tertiary alicyclic amines) is 1. The number of nitrogens with zero attached hydrogens (tertiary/aromatic N) is 1. The van der Waals surface area contributed by atoms with Crippen LogP contribution < -0.4 is 5.32 Å². The maximum Gasteiger partial charge on any atom is 0.235 e. The fourth-order valence-electron chi connectivity index (χ4n) is 4.79. The fourth-order valence-corrected chi connectivity index (χ4v) is 5.33. The number of rotatable bonds is 2. The van der Waals surface area contributed by atoms with Crippen LogP contribution in [-0.2, 0) is 15.0 Å². The Balaban J connectivity index is 1.44. The molecule has 1 saturated heterocycles. The summed E-state index contributed by atoms with van der Waals surface area (Å²) >= 11 is 12.3. The highest BCUT2D eigenvalue weighted by Crippen LogP contribution is 2.61. The number of fused-ring (bicyclic) bond motifs is 2. The normalized spacial score (nSPS) is 28.4. The average molecular weight is 401 g/mol. The van der Waals surface area contributed by atoms with Crippen molar-refractivity contribution < 1.29 is 9.59 Å². The van der Waals surface area contributed by atoms with Crippen LogP contribution in [-0.4, -0.2) is 23.3 Å². The van der Waals surface area contributed by atoms with Crippen LogP contribution in [0.1, 0.15) is 36.4 Å². The molecule has 2 fully saturated rings. The van der Waals surface area contributed by atoms with E-state index in [2.05, 4.69) is 5.32 Å². The first-order valence-electron chi connectivity index (χ1n) is 9.18. The van der Waals surface area contributed by atoms with E-state index in [0.717, 1.165) is 29.7 Å². The molecule has 1 N–H and O–H groups in total. The molecule has 3 atom stereocenters. The van der Waals surface area contributed by atoms with Gasteiger partial charge in [-0.05, 0) is 54.7 Å². The molecule has 2 aromatic rings. The molecule has 4 nitrogen and oxygen atoms in total. The van der Waals surface area contributed by atoms with Gasteiger partial charge in [-0.2, -0.15) is 0 Å². The van der Waals surface area contributed by atoms with E-state index in [1.807, 2.05) is 41.3 Å². The third kappa shape index (κ3) is 2.50. The van der Waals surface area contributed by atoms with Crippen molar-refractivity contribution in [2.24, 2.45) is 5.92 Å². The lowest BCUT2D eigenvalue weighted by Crippen LogP contribution is -2.35. The minimum absolute atomic E-state index is 0.0361. The number of hydrogen-bond donors (Lipinski definition) is 1. The van der Waals surface area contributed by atoms with Crippen LogP contribution >= 0.6 is 23.2 Å². The van der Waals surface area contributed by atoms with Crippen LogP contribution in [0.4, 0.5) is 5.69 Å². The summed E-state index contributed by atoms with van der Waals surface area (Å²) in [5.41, 5.74) is 2.06. The van der Waals surface area contributed by atoms with Crippen molar-refractivity contribution in [1.82, 2.24) is 4.90 Å². The summed E-state index contributed by atoms with van der Waals surface area (Å²) in [4.78, 5) is 27.9. The number of amides is 2. The molecule has 1 saturated carbocycles. The second-order valence-corrected chi connectivity index (χ2v) is 8.49. The second-order valence-electron chi connectivity index (χ2n) is 7.62. The lowest BCUT2D eigenvalue weighted by atomic mass is 9.94. The third-order valence-electron chi connectivity index (χ3n) is 6.13. The Morgan fingerprint density at radius 1 is 1.15 bits per heavy atom. The summed E-state index contributed by atoms with van der Waals surface area (Å²) in [7, 11) is 0. The van der Waals surface area contributed by atoms with Gasteiger partial charge in [0.1, 0.15) is 0 Å². The molecule has 0 radical (unpaired) electrons. The summed E-state index contributed by atoms with van der Waals surface area (Å²) in [6.07, 6.45) is 2.39. The van der Waals surface area contributed by atoms with Crippen molar-refractivity contribution in [2.75, 3.05) is 11.9 Å². The van der Waals surface area contributed by atoms with Crippen molar-refractivity contribution in [3.05, 3.63) is 63.6 Å². The van der Waals surface area contributed by atoms with Gasteiger partial charge in [-0.3, -0.25) is 9.59 Å². The van der Waals surface area contributed by atoms with E-state index in [0.29, 0.717) is 23.0 Å². The third-order valence-corrected chi connectivity index (χ3v) is 6.56. The van der Waals surface area contributed by atoms with Crippen LogP contribution in [0.2, 0.25) is 10.0 Å². The van der Waals surface area contributed by atoms with Crippen molar-refractivity contribution in [3.8, 4) is 0 Å². The summed E-state index contributed by atoms with van der Waals surface area (Å²) < 4.78 is 0. The van der Waals surface area contributed by atoms with Gasteiger partial charge in [0, 0.05) is 22.3 Å². The standard InChI is InChI=1S/C21H18Cl2N2O2/c22-13-8-12(9-14(23)10-13)18-6-3-7-25(18)19(26)16-11-21(16)15-4-1-2-5-17(15)24-20(21)27/h1-2,4-5,8-10,16,18H,3,6-7,11H2,(H,24,27). The monoisotopic (exact) mass is 400 g/mol. The first-order chi connectivity index (χ1) is 13.0. The fraction of sp³-hybridized carbons (Fsp3) is 0.333. The lowest BCUT2D eigenvalue weighted by Gasteiger charge is -2.26. The summed E-state index contributed by atoms with van der Waals surface area (Å²) in [6, 6.07) is 13.1. The molecule has 0 aromatic heterocycles. The maximum absolute atomic E-state index is 13.4. The molecular formula is C21H18Cl2N2O2. The number of halogens is 2. The number of anilines is 1. The Morgan fingerprint density at radius 2 is 1.89 bits per heavy atom. The minimum atomic E-state index is -0.688. The highest BCUT2D eigenvalue weighted by Gasteiger charge is 2.68. The quantitative estimate of drug-likeness (QED) is 0.802. The highest BCUT2D eigenvalue weighted by molar-refractivity contribution is 6.34. The van der Waals surface area contributed by atoms with Gasteiger partial charge in [-0.1, -0.05) is 41.4 Å². The van der Waals surface area contributed by atoms with E-state index in [9.17, 15) is 9.59 Å². The Morgan fingerprint density at radius 3 is 2.67 bits per heavy atom. The zero-order valence-electron chi connectivity index (χ0n) is 14.5. The van der Waals surface area contributed by atoms with E-state index < -0.39 is 5.41 Å². The van der Waals surface area contributed by atoms with Gasteiger partial charge >= 0.3 is 0 Å². The molecule has 3 aliphatic rings. The molecule has 138 valence electrons. The molecular weight excluding hydrogens is 383 g/mol. The van der Waals surface area contributed by atoms with Gasteiger partial charge < -0.3 is 10.2 Å². The van der Waals surface area contributed by atoms with Crippen molar-refractivity contribution >= 4 is 40.7 Å². The molecule has 6 heteroatoms. The Kier molecular flexibility index (Phi) is 3.78. The summed E-state index contributed by atoms with van der Waals surface area (Å²) in [5, 5.41) is 4.08. The Labute approximate surface area is 167 Å². The van der Waals surface area contributed by atoms with Gasteiger partial charge in [0.15, 0.2) is 0 Å². The van der Waals surface area contributed by atoms with E-state index in [-0.39, 0.29) is 23.8 Å². The molecule has 2 heterocycles. The Bertz CT molecular complexity index is 956. The molecule has 27 heavy (non-hydrogen) atoms. The number of benzene rings is 2. The van der Waals surface area contributed by atoms with Crippen LogP contribution in [0.25, 0.3) is 0 Å². The average Bonchev–Trinajstić information content (AvgIpc) is 3.07. The number of hydrogen-bond acceptors (Lipinski definition) is 2. The summed E-state index contributed by atoms with van der Waals surface area (Å²) in [6.45, 7) is 0.698. The zero-order valence-corrected chi connectivity index (χ0v) is 16.1. The molecule has 5 rings (SSSR count). The van der Waals surface area contributed by atoms with Gasteiger partial charge in [-0.25, -0.2) is 0 Å². The predicted octanol–water partition coefficient (Wildman–Crippen LogP) is 4.57. The number of carbonyl (C=O) groups excluding carboxylic acids is 2. The molecule has 2 amide bonds. The van der Waals surface area contributed by atoms with Crippen LogP contribution in [0.3, 0.4) is 0 Å². The molecule has 2 aliphatic heterocycles. The van der Waals surface area contributed by atoms with Gasteiger partial charge in [0.05, 0.1) is 17.4 Å². The predicted molar refractivity (Wildman–Crippen MR) is 105 cm³/mol. The smallest absolute Gasteiger partial charge is 0.235 e. The van der Waals surface area contributed by atoms with E-state index in [1.165, 1.54) is 0 Å². The minimum Gasteiger partial charge on any atom is -0.335 e. The van der Waals surface area contributed by atoms with Crippen LogP contribution in [0, 0.1) is 5.92 Å². The maximum atomic E-state index is 13.4. The van der Waals surface area contributed by atoms with Gasteiger partial charge in [0.2, 0.25) is 11.8 Å². The highest BCUT2D eigenvalue weighted by atomic mass is 35.5. The first-order valence-corrected chi connectivity index (χ1v) is 9.94. The van der Waals surface area contributed by atoms with E-state index in [4.69, 9.17) is 23.2 Å². The van der Waals surface area contributed by atoms with Gasteiger partial charge in [0.25, 0.3) is 0 Å². The van der Waals surface area contributed by atoms with E-state index in [1.54, 1.807) is 6.07 Å². The SMILES string of the molecule is O=C(C1CC12C(=O)Nc1ccccc12)N1CCCC1c1cc(Cl)cc(Cl)c1. The molecule has 2 aromatic carbocycles. The van der Waals surface area contributed by atoms with Crippen LogP contribution in [0.15, 0.2) is 42.5 Å². The number of nitrogens with one attached hydrogen (secondary N) is 1. The second kappa shape index (κ2) is 5.98. The van der Waals surface area contributed by atoms with Crippen molar-refractivity contribution in [2.45, 2.75) is 30.7 Å². The number of para-hydroxylation sites is 1. The van der Waals surface area contributed by atoms with E-state index >= 15 is 0 Å². The molecule has 3 unspecified atom stereocenters. The Hall–Kier alpha value is -2.04. The zero-order chi connectivity index (χ0) is 18.8. The first kappa shape index (κ1) is 17.1. The summed E-state index contributed by atoms with van der Waals surface area (Å²) in [5.74, 6) is -0.291. The largest absolute Gasteiger partial charge is 0.335 e. The lowest BCUT2D eigenvalue weighted by molar-refractivity contribution is -0.135. The number of carbonyl (C=O) groups is 2. The van der Waals surface area contributed by atoms with Crippen molar-refractivity contribution in [3.63, 3.8) is 0 Å².